The Balaban J connectivity index is 1.86. The summed E-state index contributed by atoms with van der Waals surface area (Å²) >= 11 is 0. The molecule has 1 aromatic carbocycles. The largest absolute Gasteiger partial charge is 0.490 e. The molecule has 0 radical (unpaired) electrons. The first-order chi connectivity index (χ1) is 10.3. The summed E-state index contributed by atoms with van der Waals surface area (Å²) < 4.78 is 11.3. The molecule has 21 heavy (non-hydrogen) atoms. The molecule has 0 unspecified atom stereocenters. The zero-order valence-corrected chi connectivity index (χ0v) is 11.7. The molecule has 2 heterocycles. The Hall–Kier alpha value is -2.54. The number of nitrogen functional groups attached to an aromatic ring is 1. The molecule has 0 saturated heterocycles. The highest BCUT2D eigenvalue weighted by Gasteiger charge is 2.11. The highest BCUT2D eigenvalue weighted by atomic mass is 16.5. The van der Waals surface area contributed by atoms with E-state index >= 15 is 0 Å². The first kappa shape index (κ1) is 13.4. The normalized spacial score (nSPS) is 13.4. The van der Waals surface area contributed by atoms with Crippen LogP contribution in [0.1, 0.15) is 12.0 Å². The van der Waals surface area contributed by atoms with Gasteiger partial charge in [0.05, 0.1) is 13.2 Å². The van der Waals surface area contributed by atoms with Crippen LogP contribution in [0.4, 0.5) is 17.5 Å². The molecule has 1 aromatic heterocycles. The second-order valence-corrected chi connectivity index (χ2v) is 4.71. The monoisotopic (exact) mass is 287 g/mol. The fourth-order valence-electron chi connectivity index (χ4n) is 2.02. The van der Waals surface area contributed by atoms with E-state index in [4.69, 9.17) is 15.3 Å². The molecule has 2 aromatic rings. The number of nitrogens with zero attached hydrogens (tertiary/aromatic N) is 2. The number of rotatable bonds is 3. The van der Waals surface area contributed by atoms with Gasteiger partial charge in [-0.05, 0) is 19.1 Å². The third-order valence-corrected chi connectivity index (χ3v) is 3.11. The minimum absolute atomic E-state index is 0.359. The Morgan fingerprint density at radius 3 is 2.81 bits per heavy atom. The third kappa shape index (κ3) is 2.97. The van der Waals surface area contributed by atoms with Gasteiger partial charge in [-0.15, -0.1) is 0 Å². The lowest BCUT2D eigenvalue weighted by molar-refractivity contribution is 0.297. The summed E-state index contributed by atoms with van der Waals surface area (Å²) in [6.07, 6.45) is 2.58. The Morgan fingerprint density at radius 2 is 2.00 bits per heavy atom. The van der Waals surface area contributed by atoms with E-state index in [-0.39, 0.29) is 0 Å². The highest BCUT2D eigenvalue weighted by molar-refractivity contribution is 5.63. The maximum Gasteiger partial charge on any atom is 0.239 e. The van der Waals surface area contributed by atoms with Crippen LogP contribution in [0.2, 0.25) is 0 Å². The topological polar surface area (TPSA) is 94.3 Å². The lowest BCUT2D eigenvalue weighted by atomic mass is 10.2. The van der Waals surface area contributed by atoms with Crippen LogP contribution < -0.4 is 26.1 Å². The van der Waals surface area contributed by atoms with Crippen LogP contribution in [-0.2, 0) is 0 Å². The standard InChI is InChI=1S/C14H17N5O2/c1-9-8-16-14(19-15)18-13(9)17-10-3-4-11-12(7-10)21-6-2-5-20-11/h3-4,7-8H,2,5-6,15H2,1H3,(H2,16,17,18,19). The van der Waals surface area contributed by atoms with Crippen LogP contribution in [0.3, 0.4) is 0 Å². The van der Waals surface area contributed by atoms with Gasteiger partial charge in [-0.3, -0.25) is 5.43 Å². The minimum atomic E-state index is 0.359. The smallest absolute Gasteiger partial charge is 0.239 e. The number of anilines is 3. The van der Waals surface area contributed by atoms with Gasteiger partial charge in [0.2, 0.25) is 5.95 Å². The van der Waals surface area contributed by atoms with E-state index < -0.39 is 0 Å². The maximum atomic E-state index is 5.67. The van der Waals surface area contributed by atoms with Gasteiger partial charge in [-0.2, -0.15) is 4.98 Å². The summed E-state index contributed by atoms with van der Waals surface area (Å²) in [7, 11) is 0. The predicted molar refractivity (Wildman–Crippen MR) is 79.9 cm³/mol. The Morgan fingerprint density at radius 1 is 1.19 bits per heavy atom. The van der Waals surface area contributed by atoms with Gasteiger partial charge < -0.3 is 14.8 Å². The first-order valence-electron chi connectivity index (χ1n) is 6.73. The summed E-state index contributed by atoms with van der Waals surface area (Å²) in [6, 6.07) is 5.71. The maximum absolute atomic E-state index is 5.67. The number of nitrogens with one attached hydrogen (secondary N) is 2. The zero-order chi connectivity index (χ0) is 14.7. The van der Waals surface area contributed by atoms with Gasteiger partial charge in [-0.1, -0.05) is 0 Å². The van der Waals surface area contributed by atoms with Crippen molar-refractivity contribution in [3.63, 3.8) is 0 Å². The Kier molecular flexibility index (Phi) is 3.74. The molecule has 0 spiro atoms. The number of hydrogen-bond acceptors (Lipinski definition) is 7. The lowest BCUT2D eigenvalue weighted by Gasteiger charge is -2.12. The van der Waals surface area contributed by atoms with Crippen molar-refractivity contribution in [3.05, 3.63) is 30.0 Å². The van der Waals surface area contributed by atoms with Crippen molar-refractivity contribution >= 4 is 17.5 Å². The van der Waals surface area contributed by atoms with E-state index in [2.05, 4.69) is 20.7 Å². The summed E-state index contributed by atoms with van der Waals surface area (Å²) in [5, 5.41) is 3.24. The molecule has 1 aliphatic rings. The van der Waals surface area contributed by atoms with Crippen LogP contribution >= 0.6 is 0 Å². The molecule has 4 N–H and O–H groups in total. The molecule has 1 aliphatic heterocycles. The number of ether oxygens (including phenoxy) is 2. The third-order valence-electron chi connectivity index (χ3n) is 3.11. The molecule has 7 heteroatoms. The molecule has 110 valence electrons. The van der Waals surface area contributed by atoms with Crippen LogP contribution in [0.25, 0.3) is 0 Å². The zero-order valence-electron chi connectivity index (χ0n) is 11.7. The first-order valence-corrected chi connectivity index (χ1v) is 6.73. The summed E-state index contributed by atoms with van der Waals surface area (Å²) in [5.41, 5.74) is 4.21. The van der Waals surface area contributed by atoms with Gasteiger partial charge in [0.1, 0.15) is 5.82 Å². The molecule has 0 atom stereocenters. The van der Waals surface area contributed by atoms with Crippen LogP contribution in [0, 0.1) is 6.92 Å². The van der Waals surface area contributed by atoms with Crippen molar-refractivity contribution in [3.8, 4) is 11.5 Å². The SMILES string of the molecule is Cc1cnc(NN)nc1Nc1ccc2c(c1)OCCCO2. The average molecular weight is 287 g/mol. The summed E-state index contributed by atoms with van der Waals surface area (Å²) in [4.78, 5) is 8.34. The molecule has 0 amide bonds. The van der Waals surface area contributed by atoms with Gasteiger partial charge in [0, 0.05) is 29.9 Å². The molecule has 3 rings (SSSR count). The minimum Gasteiger partial charge on any atom is -0.490 e. The summed E-state index contributed by atoms with van der Waals surface area (Å²) in [5.74, 6) is 7.88. The van der Waals surface area contributed by atoms with Gasteiger partial charge >= 0.3 is 0 Å². The second-order valence-electron chi connectivity index (χ2n) is 4.71. The molecule has 0 saturated carbocycles. The molecule has 0 fully saturated rings. The van der Waals surface area contributed by atoms with E-state index in [1.807, 2.05) is 25.1 Å². The van der Waals surface area contributed by atoms with Crippen molar-refractivity contribution < 1.29 is 9.47 Å². The van der Waals surface area contributed by atoms with Gasteiger partial charge in [0.15, 0.2) is 11.5 Å². The van der Waals surface area contributed by atoms with Crippen LogP contribution in [-0.4, -0.2) is 23.2 Å². The molecule has 7 nitrogen and oxygen atoms in total. The quantitative estimate of drug-likeness (QED) is 0.587. The fourth-order valence-corrected chi connectivity index (χ4v) is 2.02. The van der Waals surface area contributed by atoms with Crippen molar-refractivity contribution in [2.45, 2.75) is 13.3 Å². The second kappa shape index (κ2) is 5.84. The van der Waals surface area contributed by atoms with Crippen LogP contribution in [0.15, 0.2) is 24.4 Å². The van der Waals surface area contributed by atoms with Crippen molar-refractivity contribution in [2.24, 2.45) is 5.84 Å². The molecular weight excluding hydrogens is 270 g/mol. The van der Waals surface area contributed by atoms with E-state index in [9.17, 15) is 0 Å². The predicted octanol–water partition coefficient (Wildman–Crippen LogP) is 1.98. The molecule has 0 bridgehead atoms. The summed E-state index contributed by atoms with van der Waals surface area (Å²) in [6.45, 7) is 3.26. The van der Waals surface area contributed by atoms with Crippen LogP contribution in [0.5, 0.6) is 11.5 Å². The van der Waals surface area contributed by atoms with Crippen molar-refractivity contribution in [2.75, 3.05) is 24.0 Å². The number of nitrogens with two attached hydrogens (primary N) is 1. The van der Waals surface area contributed by atoms with E-state index in [1.54, 1.807) is 6.20 Å². The van der Waals surface area contributed by atoms with E-state index in [0.717, 1.165) is 29.2 Å². The van der Waals surface area contributed by atoms with Crippen molar-refractivity contribution in [1.82, 2.24) is 9.97 Å². The number of fused-ring (bicyclic) bond motifs is 1. The number of hydrogen-bond donors (Lipinski definition) is 3. The lowest BCUT2D eigenvalue weighted by Crippen LogP contribution is -2.11. The molecule has 0 aliphatic carbocycles. The van der Waals surface area contributed by atoms with Gasteiger partial charge in [-0.25, -0.2) is 10.8 Å². The van der Waals surface area contributed by atoms with E-state index in [1.165, 1.54) is 0 Å². The Labute approximate surface area is 122 Å². The number of benzene rings is 1. The number of aryl methyl sites for hydroxylation is 1. The number of hydrazine groups is 1. The van der Waals surface area contributed by atoms with E-state index in [0.29, 0.717) is 25.0 Å². The fraction of sp³-hybridized carbons (Fsp3) is 0.286. The van der Waals surface area contributed by atoms with Gasteiger partial charge in [0.25, 0.3) is 0 Å². The number of aromatic nitrogens is 2. The Bertz CT molecular complexity index is 647. The molecular formula is C14H17N5O2. The van der Waals surface area contributed by atoms with Crippen molar-refractivity contribution in [1.29, 1.82) is 0 Å². The average Bonchev–Trinajstić information content (AvgIpc) is 2.74. The highest BCUT2D eigenvalue weighted by Crippen LogP contribution is 2.33.